The van der Waals surface area contributed by atoms with Crippen LogP contribution in [0.3, 0.4) is 0 Å². The third kappa shape index (κ3) is 4.31. The second kappa shape index (κ2) is 9.23. The number of hydrogen-bond donors (Lipinski definition) is 1. The summed E-state index contributed by atoms with van der Waals surface area (Å²) in [5.74, 6) is 0.684. The average molecular weight is 434 g/mol. The normalized spacial score (nSPS) is 22.4. The Kier molecular flexibility index (Phi) is 6.02. The lowest BCUT2D eigenvalue weighted by Gasteiger charge is -2.38. The summed E-state index contributed by atoms with van der Waals surface area (Å²) in [5.41, 5.74) is 3.43. The van der Waals surface area contributed by atoms with Crippen molar-refractivity contribution in [1.29, 1.82) is 0 Å². The van der Waals surface area contributed by atoms with Gasteiger partial charge in [-0.05, 0) is 61.8 Å². The van der Waals surface area contributed by atoms with Gasteiger partial charge in [-0.15, -0.1) is 0 Å². The number of hydrogen-bond acceptors (Lipinski definition) is 4. The highest BCUT2D eigenvalue weighted by Crippen LogP contribution is 2.34. The topological polar surface area (TPSA) is 61.9 Å². The standard InChI is InChI=1S/C26H31N3O3/c30-25(27-21-12-8-10-19-9-2-3-11-20(19)21)18-29-17-24(26(31)28-15-6-1-7-16-28)32-23-14-5-4-13-22(23)29/h2-5,9,11,13-14,21,24H,1,6-8,10,12,15-18H2,(H,27,30)/t21-,24+/m1/s1. The molecule has 5 rings (SSSR count). The van der Waals surface area contributed by atoms with Crippen LogP contribution in [0.2, 0.25) is 0 Å². The fourth-order valence-corrected chi connectivity index (χ4v) is 5.22. The average Bonchev–Trinajstić information content (AvgIpc) is 2.84. The predicted molar refractivity (Wildman–Crippen MR) is 124 cm³/mol. The van der Waals surface area contributed by atoms with Crippen molar-refractivity contribution in [3.63, 3.8) is 0 Å². The molecule has 1 fully saturated rings. The molecule has 168 valence electrons. The summed E-state index contributed by atoms with van der Waals surface area (Å²) in [7, 11) is 0. The van der Waals surface area contributed by atoms with Crippen LogP contribution < -0.4 is 15.0 Å². The van der Waals surface area contributed by atoms with Crippen molar-refractivity contribution in [2.45, 2.75) is 50.7 Å². The van der Waals surface area contributed by atoms with Crippen LogP contribution in [0.5, 0.6) is 5.75 Å². The van der Waals surface area contributed by atoms with E-state index in [4.69, 9.17) is 4.74 Å². The van der Waals surface area contributed by atoms with Crippen LogP contribution in [0.25, 0.3) is 0 Å². The van der Waals surface area contributed by atoms with Gasteiger partial charge < -0.3 is 19.9 Å². The quantitative estimate of drug-likeness (QED) is 0.802. The summed E-state index contributed by atoms with van der Waals surface area (Å²) in [4.78, 5) is 30.1. The number of likely N-dealkylation sites (tertiary alicyclic amines) is 1. The van der Waals surface area contributed by atoms with Crippen molar-refractivity contribution < 1.29 is 14.3 Å². The molecule has 2 atom stereocenters. The Morgan fingerprint density at radius 2 is 1.75 bits per heavy atom. The first-order chi connectivity index (χ1) is 15.7. The molecule has 0 saturated carbocycles. The summed E-state index contributed by atoms with van der Waals surface area (Å²) in [5, 5.41) is 3.24. The number of carbonyl (C=O) groups is 2. The zero-order chi connectivity index (χ0) is 21.9. The highest BCUT2D eigenvalue weighted by molar-refractivity contribution is 5.86. The molecule has 6 heteroatoms. The van der Waals surface area contributed by atoms with Crippen LogP contribution in [0.4, 0.5) is 5.69 Å². The zero-order valence-electron chi connectivity index (χ0n) is 18.5. The van der Waals surface area contributed by atoms with Crippen LogP contribution >= 0.6 is 0 Å². The zero-order valence-corrected chi connectivity index (χ0v) is 18.5. The third-order valence-corrected chi connectivity index (χ3v) is 6.84. The summed E-state index contributed by atoms with van der Waals surface area (Å²) in [6.07, 6.45) is 5.79. The molecular weight excluding hydrogens is 402 g/mol. The monoisotopic (exact) mass is 433 g/mol. The minimum absolute atomic E-state index is 0.0208. The summed E-state index contributed by atoms with van der Waals surface area (Å²) in [6.45, 7) is 2.19. The Bertz CT molecular complexity index is 986. The maximum absolute atomic E-state index is 13.1. The Labute approximate surface area is 189 Å². The smallest absolute Gasteiger partial charge is 0.265 e. The summed E-state index contributed by atoms with van der Waals surface area (Å²) >= 11 is 0. The Balaban J connectivity index is 1.30. The molecule has 0 aromatic heterocycles. The molecule has 0 bridgehead atoms. The number of carbonyl (C=O) groups excluding carboxylic acids is 2. The number of piperidine rings is 1. The third-order valence-electron chi connectivity index (χ3n) is 6.84. The molecule has 0 unspecified atom stereocenters. The van der Waals surface area contributed by atoms with Crippen LogP contribution in [-0.2, 0) is 16.0 Å². The molecule has 32 heavy (non-hydrogen) atoms. The van der Waals surface area contributed by atoms with Gasteiger partial charge in [-0.25, -0.2) is 0 Å². The first-order valence-electron chi connectivity index (χ1n) is 11.9. The van der Waals surface area contributed by atoms with Gasteiger partial charge in [0.1, 0.15) is 5.75 Å². The van der Waals surface area contributed by atoms with Gasteiger partial charge in [0.25, 0.3) is 5.91 Å². The van der Waals surface area contributed by atoms with Gasteiger partial charge in [0.15, 0.2) is 6.10 Å². The van der Waals surface area contributed by atoms with Crippen molar-refractivity contribution in [2.24, 2.45) is 0 Å². The van der Waals surface area contributed by atoms with Crippen molar-refractivity contribution in [3.8, 4) is 5.75 Å². The number of nitrogens with one attached hydrogen (secondary N) is 1. The lowest BCUT2D eigenvalue weighted by Crippen LogP contribution is -2.53. The van der Waals surface area contributed by atoms with E-state index in [2.05, 4.69) is 23.5 Å². The van der Waals surface area contributed by atoms with Gasteiger partial charge >= 0.3 is 0 Å². The number of nitrogens with zero attached hydrogens (tertiary/aromatic N) is 2. The molecule has 0 spiro atoms. The van der Waals surface area contributed by atoms with Gasteiger partial charge in [-0.3, -0.25) is 9.59 Å². The molecule has 1 saturated heterocycles. The number of fused-ring (bicyclic) bond motifs is 2. The van der Waals surface area contributed by atoms with Crippen LogP contribution in [0.1, 0.15) is 49.3 Å². The minimum atomic E-state index is -0.578. The number of para-hydroxylation sites is 2. The highest BCUT2D eigenvalue weighted by Gasteiger charge is 2.35. The summed E-state index contributed by atoms with van der Waals surface area (Å²) in [6, 6.07) is 16.1. The molecule has 0 radical (unpaired) electrons. The molecular formula is C26H31N3O3. The maximum atomic E-state index is 13.1. The maximum Gasteiger partial charge on any atom is 0.265 e. The Hall–Kier alpha value is -3.02. The van der Waals surface area contributed by atoms with E-state index in [1.807, 2.05) is 40.1 Å². The highest BCUT2D eigenvalue weighted by atomic mass is 16.5. The number of amides is 2. The van der Waals surface area contributed by atoms with Crippen molar-refractivity contribution >= 4 is 17.5 Å². The van der Waals surface area contributed by atoms with E-state index in [-0.39, 0.29) is 24.4 Å². The Morgan fingerprint density at radius 3 is 2.62 bits per heavy atom. The summed E-state index contributed by atoms with van der Waals surface area (Å²) < 4.78 is 6.09. The van der Waals surface area contributed by atoms with E-state index in [1.54, 1.807) is 0 Å². The van der Waals surface area contributed by atoms with Crippen LogP contribution in [-0.4, -0.2) is 49.0 Å². The van der Waals surface area contributed by atoms with Gasteiger partial charge in [-0.1, -0.05) is 36.4 Å². The number of anilines is 1. The Morgan fingerprint density at radius 1 is 0.969 bits per heavy atom. The molecule has 1 aliphatic carbocycles. The number of benzene rings is 2. The van der Waals surface area contributed by atoms with E-state index in [0.29, 0.717) is 12.3 Å². The van der Waals surface area contributed by atoms with E-state index >= 15 is 0 Å². The molecule has 1 N–H and O–H groups in total. The SMILES string of the molecule is O=C(CN1C[C@@H](C(=O)N2CCCCC2)Oc2ccccc21)N[C@@H]1CCCc2ccccc21. The molecule has 6 nitrogen and oxygen atoms in total. The minimum Gasteiger partial charge on any atom is -0.477 e. The second-order valence-corrected chi connectivity index (χ2v) is 9.05. The number of ether oxygens (including phenoxy) is 1. The first kappa shape index (κ1) is 20.9. The number of rotatable bonds is 4. The van der Waals surface area contributed by atoms with E-state index in [1.165, 1.54) is 17.5 Å². The lowest BCUT2D eigenvalue weighted by molar-refractivity contribution is -0.139. The van der Waals surface area contributed by atoms with Crippen molar-refractivity contribution in [3.05, 3.63) is 59.7 Å². The van der Waals surface area contributed by atoms with Crippen LogP contribution in [0, 0.1) is 0 Å². The fourth-order valence-electron chi connectivity index (χ4n) is 5.22. The van der Waals surface area contributed by atoms with Crippen LogP contribution in [0.15, 0.2) is 48.5 Å². The predicted octanol–water partition coefficient (Wildman–Crippen LogP) is 3.46. The fraction of sp³-hybridized carbons (Fsp3) is 0.462. The molecule has 2 aromatic rings. The second-order valence-electron chi connectivity index (χ2n) is 9.05. The molecule has 3 aliphatic rings. The van der Waals surface area contributed by atoms with Crippen molar-refractivity contribution in [2.75, 3.05) is 31.1 Å². The molecule has 2 aromatic carbocycles. The van der Waals surface area contributed by atoms with E-state index < -0.39 is 6.10 Å². The van der Waals surface area contributed by atoms with Crippen molar-refractivity contribution in [1.82, 2.24) is 10.2 Å². The van der Waals surface area contributed by atoms with Gasteiger partial charge in [0.2, 0.25) is 5.91 Å². The van der Waals surface area contributed by atoms with Gasteiger partial charge in [-0.2, -0.15) is 0 Å². The van der Waals surface area contributed by atoms with Gasteiger partial charge in [0, 0.05) is 13.1 Å². The van der Waals surface area contributed by atoms with Gasteiger partial charge in [0.05, 0.1) is 24.8 Å². The lowest BCUT2D eigenvalue weighted by atomic mass is 9.88. The molecule has 2 aliphatic heterocycles. The molecule has 2 amide bonds. The molecule has 2 heterocycles. The van der Waals surface area contributed by atoms with E-state index in [9.17, 15) is 9.59 Å². The number of aryl methyl sites for hydroxylation is 1. The van der Waals surface area contributed by atoms with E-state index in [0.717, 1.165) is 50.9 Å². The first-order valence-corrected chi connectivity index (χ1v) is 11.9. The largest absolute Gasteiger partial charge is 0.477 e.